The Kier molecular flexibility index (Phi) is 4.90. The van der Waals surface area contributed by atoms with Crippen LogP contribution in [0.3, 0.4) is 0 Å². The van der Waals surface area contributed by atoms with Gasteiger partial charge in [-0.3, -0.25) is 0 Å². The van der Waals surface area contributed by atoms with Crippen molar-refractivity contribution in [2.45, 2.75) is 53.1 Å². The van der Waals surface area contributed by atoms with Gasteiger partial charge < -0.3 is 4.74 Å². The summed E-state index contributed by atoms with van der Waals surface area (Å²) in [6.07, 6.45) is 1.69. The molecule has 0 radical (unpaired) electrons. The number of aromatic nitrogens is 2. The lowest BCUT2D eigenvalue weighted by atomic mass is 9.95. The van der Waals surface area contributed by atoms with Gasteiger partial charge in [-0.1, -0.05) is 25.4 Å². The van der Waals surface area contributed by atoms with Gasteiger partial charge in [0.1, 0.15) is 10.8 Å². The second-order valence-corrected chi connectivity index (χ2v) is 4.54. The highest BCUT2D eigenvalue weighted by molar-refractivity contribution is 6.30. The number of halogens is 1. The fraction of sp³-hybridized carbons (Fsp3) is 0.692. The second-order valence-electron chi connectivity index (χ2n) is 4.18. The van der Waals surface area contributed by atoms with E-state index in [2.05, 4.69) is 23.8 Å². The molecule has 0 spiro atoms. The molecule has 1 aromatic heterocycles. The Morgan fingerprint density at radius 2 is 1.71 bits per heavy atom. The van der Waals surface area contributed by atoms with Crippen molar-refractivity contribution in [3.8, 4) is 0 Å². The molecule has 0 bridgehead atoms. The molecule has 96 valence electrons. The molecule has 1 heterocycles. The van der Waals surface area contributed by atoms with Crippen molar-refractivity contribution in [2.24, 2.45) is 0 Å². The van der Waals surface area contributed by atoms with E-state index < -0.39 is 5.60 Å². The molecule has 3 nitrogen and oxygen atoms in total. The first-order valence-corrected chi connectivity index (χ1v) is 6.53. The molecule has 1 aromatic rings. The molecule has 1 rings (SSSR count). The summed E-state index contributed by atoms with van der Waals surface area (Å²) in [6.45, 7) is 10.7. The molecule has 0 unspecified atom stereocenters. The third-order valence-corrected chi connectivity index (χ3v) is 3.67. The van der Waals surface area contributed by atoms with E-state index in [1.165, 1.54) is 0 Å². The van der Waals surface area contributed by atoms with Gasteiger partial charge in [0.15, 0.2) is 5.82 Å². The Hall–Kier alpha value is -0.670. The zero-order chi connectivity index (χ0) is 13.1. The van der Waals surface area contributed by atoms with E-state index in [0.29, 0.717) is 17.6 Å². The minimum atomic E-state index is -0.406. The van der Waals surface area contributed by atoms with E-state index in [4.69, 9.17) is 16.3 Å². The minimum Gasteiger partial charge on any atom is -0.367 e. The first-order valence-electron chi connectivity index (χ1n) is 6.15. The maximum absolute atomic E-state index is 6.13. The van der Waals surface area contributed by atoms with E-state index in [-0.39, 0.29) is 0 Å². The largest absolute Gasteiger partial charge is 0.367 e. The third kappa shape index (κ3) is 2.78. The fourth-order valence-electron chi connectivity index (χ4n) is 1.91. The lowest BCUT2D eigenvalue weighted by Gasteiger charge is -2.30. The van der Waals surface area contributed by atoms with E-state index >= 15 is 0 Å². The molecule has 0 aliphatic rings. The Labute approximate surface area is 109 Å². The van der Waals surface area contributed by atoms with Gasteiger partial charge in [-0.25, -0.2) is 9.97 Å². The first kappa shape index (κ1) is 14.4. The highest BCUT2D eigenvalue weighted by Gasteiger charge is 2.33. The van der Waals surface area contributed by atoms with Crippen LogP contribution in [-0.4, -0.2) is 16.6 Å². The number of aryl methyl sites for hydroxylation is 1. The highest BCUT2D eigenvalue weighted by atomic mass is 35.5. The average molecular weight is 257 g/mol. The van der Waals surface area contributed by atoms with Crippen LogP contribution in [0, 0.1) is 13.8 Å². The third-order valence-electron chi connectivity index (χ3n) is 3.30. The lowest BCUT2D eigenvalue weighted by molar-refractivity contribution is -0.0572. The van der Waals surface area contributed by atoms with Crippen LogP contribution >= 0.6 is 11.6 Å². The predicted molar refractivity (Wildman–Crippen MR) is 70.4 cm³/mol. The van der Waals surface area contributed by atoms with Crippen molar-refractivity contribution in [2.75, 3.05) is 6.61 Å². The molecule has 0 aliphatic carbocycles. The lowest BCUT2D eigenvalue weighted by Crippen LogP contribution is -2.31. The predicted octanol–water partition coefficient (Wildman–Crippen LogP) is 3.80. The van der Waals surface area contributed by atoms with Crippen LogP contribution in [0.15, 0.2) is 0 Å². The van der Waals surface area contributed by atoms with Crippen LogP contribution in [0.25, 0.3) is 0 Å². The van der Waals surface area contributed by atoms with E-state index in [1.807, 2.05) is 20.8 Å². The zero-order valence-electron chi connectivity index (χ0n) is 11.3. The Morgan fingerprint density at radius 3 is 2.12 bits per heavy atom. The summed E-state index contributed by atoms with van der Waals surface area (Å²) >= 11 is 6.13. The standard InChI is InChI=1S/C13H21ClN2O/c1-6-13(7-2,17-8-3)12-15-10(5)9(4)11(14)16-12/h6-8H2,1-5H3. The fourth-order valence-corrected chi connectivity index (χ4v) is 2.13. The smallest absolute Gasteiger partial charge is 0.162 e. The van der Waals surface area contributed by atoms with E-state index in [1.54, 1.807) is 0 Å². The quantitative estimate of drug-likeness (QED) is 0.752. The van der Waals surface area contributed by atoms with Gasteiger partial charge in [0, 0.05) is 17.9 Å². The Balaban J connectivity index is 3.28. The van der Waals surface area contributed by atoms with Crippen LogP contribution in [-0.2, 0) is 10.3 Å². The molecular formula is C13H21ClN2O. The van der Waals surface area contributed by atoms with Crippen LogP contribution in [0.1, 0.15) is 50.7 Å². The summed E-state index contributed by atoms with van der Waals surface area (Å²) in [6, 6.07) is 0. The topological polar surface area (TPSA) is 35.0 Å². The summed E-state index contributed by atoms with van der Waals surface area (Å²) in [4.78, 5) is 8.94. The van der Waals surface area contributed by atoms with Gasteiger partial charge in [-0.2, -0.15) is 0 Å². The molecule has 17 heavy (non-hydrogen) atoms. The zero-order valence-corrected chi connectivity index (χ0v) is 12.1. The number of hydrogen-bond acceptors (Lipinski definition) is 3. The average Bonchev–Trinajstić information content (AvgIpc) is 2.32. The first-order chi connectivity index (χ1) is 8.00. The van der Waals surface area contributed by atoms with Crippen molar-refractivity contribution in [3.05, 3.63) is 22.2 Å². The van der Waals surface area contributed by atoms with Crippen LogP contribution in [0.5, 0.6) is 0 Å². The SMILES string of the molecule is CCOC(CC)(CC)c1nc(C)c(C)c(Cl)n1. The maximum atomic E-state index is 6.13. The molecule has 0 aliphatic heterocycles. The number of ether oxygens (including phenoxy) is 1. The molecule has 0 N–H and O–H groups in total. The minimum absolute atomic E-state index is 0.406. The van der Waals surface area contributed by atoms with Gasteiger partial charge >= 0.3 is 0 Å². The summed E-state index contributed by atoms with van der Waals surface area (Å²) in [5, 5.41) is 0.526. The molecular weight excluding hydrogens is 236 g/mol. The summed E-state index contributed by atoms with van der Waals surface area (Å²) in [5.41, 5.74) is 1.45. The number of rotatable bonds is 5. The van der Waals surface area contributed by atoms with E-state index in [0.717, 1.165) is 24.1 Å². The van der Waals surface area contributed by atoms with Crippen LogP contribution < -0.4 is 0 Å². The van der Waals surface area contributed by atoms with Crippen molar-refractivity contribution in [1.29, 1.82) is 0 Å². The highest BCUT2D eigenvalue weighted by Crippen LogP contribution is 2.32. The molecule has 0 atom stereocenters. The molecule has 0 amide bonds. The second kappa shape index (κ2) is 5.78. The number of hydrogen-bond donors (Lipinski definition) is 0. The molecule has 4 heteroatoms. The van der Waals surface area contributed by atoms with Crippen LogP contribution in [0.4, 0.5) is 0 Å². The normalized spacial score (nSPS) is 11.9. The molecule has 0 fully saturated rings. The van der Waals surface area contributed by atoms with Gasteiger partial charge in [-0.15, -0.1) is 0 Å². The van der Waals surface area contributed by atoms with Gasteiger partial charge in [0.05, 0.1) is 0 Å². The molecule has 0 saturated heterocycles. The van der Waals surface area contributed by atoms with Crippen molar-refractivity contribution in [3.63, 3.8) is 0 Å². The monoisotopic (exact) mass is 256 g/mol. The van der Waals surface area contributed by atoms with Crippen molar-refractivity contribution >= 4 is 11.6 Å². The molecule has 0 saturated carbocycles. The Bertz CT molecular complexity index is 366. The van der Waals surface area contributed by atoms with E-state index in [9.17, 15) is 0 Å². The van der Waals surface area contributed by atoms with Crippen LogP contribution in [0.2, 0.25) is 5.15 Å². The Morgan fingerprint density at radius 1 is 1.12 bits per heavy atom. The maximum Gasteiger partial charge on any atom is 0.162 e. The van der Waals surface area contributed by atoms with Gasteiger partial charge in [0.25, 0.3) is 0 Å². The van der Waals surface area contributed by atoms with Crippen molar-refractivity contribution < 1.29 is 4.74 Å². The number of nitrogens with zero attached hydrogens (tertiary/aromatic N) is 2. The summed E-state index contributed by atoms with van der Waals surface area (Å²) in [7, 11) is 0. The molecule has 0 aromatic carbocycles. The summed E-state index contributed by atoms with van der Waals surface area (Å²) < 4.78 is 5.88. The van der Waals surface area contributed by atoms with Gasteiger partial charge in [0.2, 0.25) is 0 Å². The summed E-state index contributed by atoms with van der Waals surface area (Å²) in [5.74, 6) is 0.706. The van der Waals surface area contributed by atoms with Crippen molar-refractivity contribution in [1.82, 2.24) is 9.97 Å². The van der Waals surface area contributed by atoms with Gasteiger partial charge in [-0.05, 0) is 33.6 Å².